The van der Waals surface area contributed by atoms with E-state index in [1.807, 2.05) is 6.07 Å². The van der Waals surface area contributed by atoms with Crippen molar-refractivity contribution < 1.29 is 9.59 Å². The van der Waals surface area contributed by atoms with Crippen molar-refractivity contribution in [3.8, 4) is 0 Å². The molecule has 1 aliphatic carbocycles. The van der Waals surface area contributed by atoms with Crippen LogP contribution in [0.3, 0.4) is 0 Å². The highest BCUT2D eigenvalue weighted by molar-refractivity contribution is 6.39. The number of benzene rings is 1. The van der Waals surface area contributed by atoms with Gasteiger partial charge in [-0.1, -0.05) is 41.5 Å². The molecule has 0 bridgehead atoms. The minimum absolute atomic E-state index is 0.0235. The molecule has 1 aromatic carbocycles. The highest BCUT2D eigenvalue weighted by atomic mass is 16.2. The monoisotopic (exact) mass is 344 g/mol. The molecule has 0 heterocycles. The Morgan fingerprint density at radius 3 is 2.24 bits per heavy atom. The van der Waals surface area contributed by atoms with Crippen molar-refractivity contribution in [3.05, 3.63) is 28.8 Å². The van der Waals surface area contributed by atoms with Crippen LogP contribution in [-0.4, -0.2) is 18.4 Å². The van der Waals surface area contributed by atoms with Gasteiger partial charge in [0.05, 0.1) is 0 Å². The fourth-order valence-electron chi connectivity index (χ4n) is 3.76. The summed E-state index contributed by atoms with van der Waals surface area (Å²) in [6.45, 7) is 15.7. The Labute approximate surface area is 151 Å². The number of hydrogen-bond acceptors (Lipinski definition) is 2. The maximum absolute atomic E-state index is 12.1. The lowest BCUT2D eigenvalue weighted by molar-refractivity contribution is -0.136. The molecule has 1 aliphatic rings. The third kappa shape index (κ3) is 4.23. The molecule has 0 fully saturated rings. The number of likely N-dealkylation sites (N-methyl/N-ethyl adjacent to an activating group) is 1. The van der Waals surface area contributed by atoms with Crippen molar-refractivity contribution in [2.24, 2.45) is 5.41 Å². The van der Waals surface area contributed by atoms with Gasteiger partial charge in [-0.05, 0) is 65.3 Å². The van der Waals surface area contributed by atoms with E-state index in [0.717, 1.165) is 18.5 Å². The second-order valence-electron chi connectivity index (χ2n) is 9.12. The molecule has 138 valence electrons. The molecule has 0 aromatic heterocycles. The number of fused-ring (bicyclic) bond motifs is 1. The smallest absolute Gasteiger partial charge is 0.313 e. The fraction of sp³-hybridized carbons (Fsp3) is 0.619. The van der Waals surface area contributed by atoms with Crippen LogP contribution in [-0.2, 0) is 21.4 Å². The lowest BCUT2D eigenvalue weighted by Crippen LogP contribution is -2.35. The molecule has 1 atom stereocenters. The lowest BCUT2D eigenvalue weighted by atomic mass is 9.72. The topological polar surface area (TPSA) is 58.2 Å². The van der Waals surface area contributed by atoms with Crippen LogP contribution in [0, 0.1) is 5.41 Å². The Hall–Kier alpha value is -1.84. The summed E-state index contributed by atoms with van der Waals surface area (Å²) < 4.78 is 0. The number of carbonyl (C=O) groups is 2. The first kappa shape index (κ1) is 19.5. The van der Waals surface area contributed by atoms with E-state index in [0.29, 0.717) is 12.5 Å². The number of hydrogen-bond donors (Lipinski definition) is 2. The number of nitrogens with one attached hydrogen (secondary N) is 2. The van der Waals surface area contributed by atoms with E-state index < -0.39 is 11.8 Å². The van der Waals surface area contributed by atoms with Crippen molar-refractivity contribution in [1.82, 2.24) is 5.32 Å². The van der Waals surface area contributed by atoms with Crippen molar-refractivity contribution >= 4 is 17.5 Å². The number of rotatable bonds is 2. The molecule has 0 spiro atoms. The zero-order valence-electron chi connectivity index (χ0n) is 16.7. The molecule has 0 aliphatic heterocycles. The maximum Gasteiger partial charge on any atom is 0.313 e. The second-order valence-corrected chi connectivity index (χ2v) is 9.12. The van der Waals surface area contributed by atoms with Crippen molar-refractivity contribution in [3.63, 3.8) is 0 Å². The molecular formula is C21H32N2O2. The van der Waals surface area contributed by atoms with Crippen LogP contribution >= 0.6 is 0 Å². The Morgan fingerprint density at radius 1 is 1.08 bits per heavy atom. The molecule has 1 unspecified atom stereocenters. The number of aryl methyl sites for hydroxylation is 1. The van der Waals surface area contributed by atoms with E-state index in [9.17, 15) is 9.59 Å². The van der Waals surface area contributed by atoms with E-state index in [-0.39, 0.29) is 10.8 Å². The molecule has 25 heavy (non-hydrogen) atoms. The highest BCUT2D eigenvalue weighted by Crippen LogP contribution is 2.49. The molecular weight excluding hydrogens is 312 g/mol. The van der Waals surface area contributed by atoms with Gasteiger partial charge in [0, 0.05) is 12.2 Å². The standard InChI is InChI=1S/C21H32N2O2/c1-8-22-18(24)19(25)23-14-11-13-9-10-15(20(2,3)4)17(13)16(12-14)21(5,6)7/h11-12,15H,8-10H2,1-7H3,(H,22,24)(H,23,25). The summed E-state index contributed by atoms with van der Waals surface area (Å²) in [7, 11) is 0. The van der Waals surface area contributed by atoms with Crippen LogP contribution in [0.4, 0.5) is 5.69 Å². The predicted octanol–water partition coefficient (Wildman–Crippen LogP) is 4.13. The molecule has 2 rings (SSSR count). The summed E-state index contributed by atoms with van der Waals surface area (Å²) in [5.74, 6) is -0.676. The Balaban J connectivity index is 2.45. The van der Waals surface area contributed by atoms with Gasteiger partial charge in [-0.15, -0.1) is 0 Å². The van der Waals surface area contributed by atoms with E-state index in [4.69, 9.17) is 0 Å². The Bertz CT molecular complexity index is 678. The van der Waals surface area contributed by atoms with E-state index in [1.165, 1.54) is 16.7 Å². The summed E-state index contributed by atoms with van der Waals surface area (Å²) in [5.41, 5.74) is 4.92. The van der Waals surface area contributed by atoms with Crippen LogP contribution in [0.5, 0.6) is 0 Å². The number of anilines is 1. The van der Waals surface area contributed by atoms with E-state index in [1.54, 1.807) is 6.92 Å². The van der Waals surface area contributed by atoms with Crippen LogP contribution in [0.1, 0.15) is 77.5 Å². The first-order chi connectivity index (χ1) is 11.4. The van der Waals surface area contributed by atoms with Crippen LogP contribution in [0.25, 0.3) is 0 Å². The number of amides is 2. The van der Waals surface area contributed by atoms with Gasteiger partial charge in [0.1, 0.15) is 0 Å². The molecule has 2 N–H and O–H groups in total. The van der Waals surface area contributed by atoms with E-state index in [2.05, 4.69) is 58.2 Å². The average molecular weight is 344 g/mol. The van der Waals surface area contributed by atoms with Gasteiger partial charge >= 0.3 is 11.8 Å². The Kier molecular flexibility index (Phi) is 5.31. The molecule has 0 radical (unpaired) electrons. The van der Waals surface area contributed by atoms with Crippen LogP contribution in [0.15, 0.2) is 12.1 Å². The minimum Gasteiger partial charge on any atom is -0.348 e. The van der Waals surface area contributed by atoms with Gasteiger partial charge in [0.2, 0.25) is 0 Å². The van der Waals surface area contributed by atoms with Gasteiger partial charge in [0.25, 0.3) is 0 Å². The van der Waals surface area contributed by atoms with Gasteiger partial charge < -0.3 is 10.6 Å². The molecule has 2 amide bonds. The first-order valence-corrected chi connectivity index (χ1v) is 9.21. The quantitative estimate of drug-likeness (QED) is 0.792. The SMILES string of the molecule is CCNC(=O)C(=O)Nc1cc2c(c(C(C)(C)C)c1)C(C(C)(C)C)CC2. The zero-order valence-corrected chi connectivity index (χ0v) is 16.7. The average Bonchev–Trinajstić information content (AvgIpc) is 2.89. The van der Waals surface area contributed by atoms with E-state index >= 15 is 0 Å². The molecule has 4 heteroatoms. The van der Waals surface area contributed by atoms with Crippen molar-refractivity contribution in [1.29, 1.82) is 0 Å². The van der Waals surface area contributed by atoms with Gasteiger partial charge in [0.15, 0.2) is 0 Å². The largest absolute Gasteiger partial charge is 0.348 e. The maximum atomic E-state index is 12.1. The van der Waals surface area contributed by atoms with Gasteiger partial charge in [-0.2, -0.15) is 0 Å². The second kappa shape index (κ2) is 6.81. The van der Waals surface area contributed by atoms with Crippen LogP contribution < -0.4 is 10.6 Å². The normalized spacial score (nSPS) is 17.2. The molecule has 0 saturated carbocycles. The molecule has 0 saturated heterocycles. The third-order valence-corrected chi connectivity index (χ3v) is 4.97. The summed E-state index contributed by atoms with van der Waals surface area (Å²) in [6.07, 6.45) is 2.15. The summed E-state index contributed by atoms with van der Waals surface area (Å²) >= 11 is 0. The third-order valence-electron chi connectivity index (χ3n) is 4.97. The number of carbonyl (C=O) groups excluding carboxylic acids is 2. The minimum atomic E-state index is -0.605. The summed E-state index contributed by atoms with van der Waals surface area (Å²) in [4.78, 5) is 23.8. The van der Waals surface area contributed by atoms with Gasteiger partial charge in [-0.25, -0.2) is 0 Å². The van der Waals surface area contributed by atoms with Crippen molar-refractivity contribution in [2.75, 3.05) is 11.9 Å². The summed E-state index contributed by atoms with van der Waals surface area (Å²) in [6, 6.07) is 4.10. The predicted molar refractivity (Wildman–Crippen MR) is 103 cm³/mol. The molecule has 4 nitrogen and oxygen atoms in total. The lowest BCUT2D eigenvalue weighted by Gasteiger charge is -2.33. The molecule has 1 aromatic rings. The summed E-state index contributed by atoms with van der Waals surface area (Å²) in [5, 5.41) is 5.31. The van der Waals surface area contributed by atoms with Crippen LogP contribution in [0.2, 0.25) is 0 Å². The fourth-order valence-corrected chi connectivity index (χ4v) is 3.76. The Morgan fingerprint density at radius 2 is 1.72 bits per heavy atom. The van der Waals surface area contributed by atoms with Crippen molar-refractivity contribution in [2.45, 2.75) is 72.6 Å². The first-order valence-electron chi connectivity index (χ1n) is 9.21. The highest BCUT2D eigenvalue weighted by Gasteiger charge is 2.36. The zero-order chi connectivity index (χ0) is 19.0. The van der Waals surface area contributed by atoms with Gasteiger partial charge in [-0.3, -0.25) is 9.59 Å².